The van der Waals surface area contributed by atoms with Crippen molar-refractivity contribution in [3.8, 4) is 0 Å². The maximum Gasteiger partial charge on any atom is 0.246 e. The monoisotopic (exact) mass is 1550 g/mol. The first-order valence-electron chi connectivity index (χ1n) is 36.9. The number of hydrogen-bond donors (Lipinski definition) is 16. The number of ketones is 1. The molecule has 39 heteroatoms. The van der Waals surface area contributed by atoms with Crippen LogP contribution < -0.4 is 37.2 Å². The van der Waals surface area contributed by atoms with E-state index in [4.69, 9.17) is 71.1 Å². The minimum Gasteiger partial charge on any atom is -0.394 e. The van der Waals surface area contributed by atoms with E-state index in [2.05, 4.69) is 44.1 Å². The van der Waals surface area contributed by atoms with Crippen LogP contribution in [0.25, 0.3) is 0 Å². The van der Waals surface area contributed by atoms with Crippen molar-refractivity contribution in [1.82, 2.24) is 37.2 Å². The molecule has 107 heavy (non-hydrogen) atoms. The van der Waals surface area contributed by atoms with E-state index in [1.165, 1.54) is 20.8 Å². The van der Waals surface area contributed by atoms with Gasteiger partial charge >= 0.3 is 0 Å². The van der Waals surface area contributed by atoms with Gasteiger partial charge < -0.3 is 154 Å². The van der Waals surface area contributed by atoms with Crippen LogP contribution in [0.2, 0.25) is 0 Å². The van der Waals surface area contributed by atoms with E-state index in [9.17, 15) is 84.3 Å². The zero-order chi connectivity index (χ0) is 78.6. The lowest BCUT2D eigenvalue weighted by atomic mass is 9.91. The van der Waals surface area contributed by atoms with Gasteiger partial charge in [-0.3, -0.25) is 38.4 Å². The van der Waals surface area contributed by atoms with Gasteiger partial charge in [-0.25, -0.2) is 0 Å². The highest BCUT2D eigenvalue weighted by atomic mass is 16.7. The number of aliphatic hydroxyl groups is 9. The molecule has 0 aromatic heterocycles. The van der Waals surface area contributed by atoms with Crippen LogP contribution >= 0.6 is 0 Å². The molecule has 0 aromatic carbocycles. The SMILES string of the molecule is CCCCCCCNC(=O)C(CCCCNC(=O)COCCOCCOCCO[C@@H]1O[C@H](CO)[C@H](O)[C@H](O)[C@H]1NC(C)=O)CC(=O)C(CCCCNC(=O)COCCOCCOCCO[C@@H]1O[C@H](CO)[C@H](O)[C@H](O)[C@H]1NC(C)=O)NC(=O)COCCOCCOCCO[C@@H]1O[C@H](CO)[C@H](O)[C@H](O)[C@H]1NC(C)=O. The quantitative estimate of drug-likeness (QED) is 0.0252. The summed E-state index contributed by atoms with van der Waals surface area (Å²) >= 11 is 0. The molecule has 622 valence electrons. The Morgan fingerprint density at radius 3 is 1.02 bits per heavy atom. The van der Waals surface area contributed by atoms with Crippen molar-refractivity contribution in [2.75, 3.05) is 178 Å². The van der Waals surface area contributed by atoms with E-state index in [0.717, 1.165) is 32.1 Å². The predicted octanol–water partition coefficient (Wildman–Crippen LogP) is -6.26. The van der Waals surface area contributed by atoms with Gasteiger partial charge in [0.2, 0.25) is 41.4 Å². The number of carbonyl (C=O) groups excluding carboxylic acids is 8. The highest BCUT2D eigenvalue weighted by Crippen LogP contribution is 2.26. The number of carbonyl (C=O) groups is 8. The summed E-state index contributed by atoms with van der Waals surface area (Å²) in [7, 11) is 0. The molecule has 3 heterocycles. The average molecular weight is 1550 g/mol. The summed E-state index contributed by atoms with van der Waals surface area (Å²) in [5, 5.41) is 109. The Kier molecular flexibility index (Phi) is 52.9. The third-order valence-electron chi connectivity index (χ3n) is 16.9. The topological polar surface area (TPSA) is 541 Å². The lowest BCUT2D eigenvalue weighted by Crippen LogP contribution is -2.64. The number of ether oxygens (including phenoxy) is 15. The summed E-state index contributed by atoms with van der Waals surface area (Å²) in [5.41, 5.74) is 0. The van der Waals surface area contributed by atoms with Crippen LogP contribution in [0.3, 0.4) is 0 Å². The van der Waals surface area contributed by atoms with Crippen molar-refractivity contribution < 1.29 is 155 Å². The molecule has 3 rings (SSSR count). The number of unbranched alkanes of at least 4 members (excludes halogenated alkanes) is 6. The van der Waals surface area contributed by atoms with Crippen LogP contribution in [0.1, 0.15) is 105 Å². The van der Waals surface area contributed by atoms with E-state index < -0.39 is 160 Å². The van der Waals surface area contributed by atoms with Crippen LogP contribution in [0.4, 0.5) is 0 Å². The number of rotatable bonds is 63. The van der Waals surface area contributed by atoms with Crippen molar-refractivity contribution in [2.45, 2.75) is 203 Å². The smallest absolute Gasteiger partial charge is 0.246 e. The van der Waals surface area contributed by atoms with Crippen molar-refractivity contribution in [1.29, 1.82) is 0 Å². The molecular formula is C68H123N7O32. The fourth-order valence-electron chi connectivity index (χ4n) is 11.2. The highest BCUT2D eigenvalue weighted by Gasteiger charge is 2.48. The Morgan fingerprint density at radius 1 is 0.364 bits per heavy atom. The minimum atomic E-state index is -1.46. The number of amides is 7. The van der Waals surface area contributed by atoms with Gasteiger partial charge in [0, 0.05) is 52.7 Å². The molecule has 2 unspecified atom stereocenters. The minimum absolute atomic E-state index is 0.0000439. The second-order valence-electron chi connectivity index (χ2n) is 25.6. The molecule has 0 bridgehead atoms. The molecule has 0 saturated carbocycles. The second kappa shape index (κ2) is 58.9. The van der Waals surface area contributed by atoms with Crippen molar-refractivity contribution in [2.24, 2.45) is 5.92 Å². The average Bonchev–Trinajstić information content (AvgIpc) is 0.807. The maximum absolute atomic E-state index is 14.3. The summed E-state index contributed by atoms with van der Waals surface area (Å²) in [6.45, 7) is 5.77. The Balaban J connectivity index is 1.44. The number of nitrogens with one attached hydrogen (secondary N) is 7. The second-order valence-corrected chi connectivity index (χ2v) is 25.6. The fraction of sp³-hybridized carbons (Fsp3) is 0.882. The Hall–Kier alpha value is -5.00. The lowest BCUT2D eigenvalue weighted by molar-refractivity contribution is -0.272. The zero-order valence-corrected chi connectivity index (χ0v) is 62.3. The zero-order valence-electron chi connectivity index (χ0n) is 62.3. The number of hydrogen-bond acceptors (Lipinski definition) is 32. The standard InChI is InChI=1S/C68H123N7O32/c1-5-6-7-8-11-18-71-65(92)47(14-9-12-16-69-53(83)41-99-28-25-93-19-22-96-31-34-102-66-56(72-44(2)79)62(89)59(86)50(38-76)105-66)37-49(82)48(75-55(85)43-101-30-27-95-21-24-98-33-36-104-68-58(74-46(4)81)64(91)61(88)52(40-78)107-68)15-10-13-17-70-54(84)42-100-29-26-94-20-23-97-32-35-103-67-57(73-45(3)80)63(90)60(87)51(39-77)106-67/h47-48,50-52,56-64,66-68,76-78,86-91H,5-43H2,1-4H3,(H,69,83)(H,70,84)(H,71,92)(H,72,79)(H,73,80)(H,74,81)(H,75,85)/t47?,48?,50-,51-,52-,56-,57-,58-,59+,60+,61+,62-,63-,64-,66-,67-,68-/m1/s1. The van der Waals surface area contributed by atoms with E-state index in [0.29, 0.717) is 38.6 Å². The van der Waals surface area contributed by atoms with Gasteiger partial charge in [-0.05, 0) is 38.5 Å². The Bertz CT molecular complexity index is 2440. The van der Waals surface area contributed by atoms with Gasteiger partial charge in [-0.1, -0.05) is 39.0 Å². The highest BCUT2D eigenvalue weighted by molar-refractivity contribution is 5.92. The molecule has 0 radical (unpaired) electrons. The van der Waals surface area contributed by atoms with Crippen molar-refractivity contribution in [3.05, 3.63) is 0 Å². The largest absolute Gasteiger partial charge is 0.394 e. The molecule has 3 saturated heterocycles. The molecule has 0 spiro atoms. The van der Waals surface area contributed by atoms with Gasteiger partial charge in [0.05, 0.1) is 145 Å². The van der Waals surface area contributed by atoms with Crippen LogP contribution in [0.5, 0.6) is 0 Å². The first-order valence-corrected chi connectivity index (χ1v) is 36.9. The molecule has 0 aromatic rings. The molecule has 3 aliphatic heterocycles. The van der Waals surface area contributed by atoms with Crippen molar-refractivity contribution in [3.63, 3.8) is 0 Å². The van der Waals surface area contributed by atoms with E-state index in [1.807, 2.05) is 0 Å². The van der Waals surface area contributed by atoms with Gasteiger partial charge in [0.1, 0.15) is 92.9 Å². The third-order valence-corrected chi connectivity index (χ3v) is 16.9. The molecule has 3 aliphatic rings. The Morgan fingerprint density at radius 2 is 0.673 bits per heavy atom. The predicted molar refractivity (Wildman–Crippen MR) is 372 cm³/mol. The van der Waals surface area contributed by atoms with Crippen molar-refractivity contribution >= 4 is 47.1 Å². The molecule has 0 aliphatic carbocycles. The van der Waals surface area contributed by atoms with Crippen LogP contribution in [0.15, 0.2) is 0 Å². The first-order chi connectivity index (χ1) is 51.6. The Labute approximate surface area is 624 Å². The van der Waals surface area contributed by atoms with Gasteiger partial charge in [-0.2, -0.15) is 0 Å². The summed E-state index contributed by atoms with van der Waals surface area (Å²) in [4.78, 5) is 102. The summed E-state index contributed by atoms with van der Waals surface area (Å²) in [5.74, 6) is -4.29. The van der Waals surface area contributed by atoms with E-state index >= 15 is 0 Å². The van der Waals surface area contributed by atoms with Gasteiger partial charge in [0.25, 0.3) is 0 Å². The normalized spacial score (nSPS) is 24.9. The third kappa shape index (κ3) is 41.2. The molecular weight excluding hydrogens is 1430 g/mol. The fourth-order valence-corrected chi connectivity index (χ4v) is 11.2. The molecule has 16 N–H and O–H groups in total. The maximum atomic E-state index is 14.3. The first kappa shape index (κ1) is 96.2. The summed E-state index contributed by atoms with van der Waals surface area (Å²) in [6.07, 6.45) is -8.77. The van der Waals surface area contributed by atoms with Crippen LogP contribution in [-0.2, 0) is 109 Å². The molecule has 39 nitrogen and oxygen atoms in total. The summed E-state index contributed by atoms with van der Waals surface area (Å²) in [6, 6.07) is -4.29. The molecule has 3 fully saturated rings. The number of aliphatic hydroxyl groups excluding tert-OH is 9. The summed E-state index contributed by atoms with van der Waals surface area (Å²) < 4.78 is 83.0. The molecule has 17 atom stereocenters. The molecule has 7 amide bonds. The number of Topliss-reactive ketones (excluding diaryl/α,β-unsaturated/α-hetero) is 1. The van der Waals surface area contributed by atoms with E-state index in [1.54, 1.807) is 0 Å². The van der Waals surface area contributed by atoms with Gasteiger partial charge in [0.15, 0.2) is 24.7 Å². The van der Waals surface area contributed by atoms with Gasteiger partial charge in [-0.15, -0.1) is 0 Å². The lowest BCUT2D eigenvalue weighted by Gasteiger charge is -2.42. The van der Waals surface area contributed by atoms with Crippen LogP contribution in [0, 0.1) is 5.92 Å². The van der Waals surface area contributed by atoms with Crippen LogP contribution in [-0.4, -0.2) is 369 Å². The van der Waals surface area contributed by atoms with E-state index in [-0.39, 0.29) is 176 Å².